The molecular formula is C39H40F5N9O4. The second-order valence-electron chi connectivity index (χ2n) is 15.1. The molecule has 3 amide bonds. The normalized spacial score (nSPS) is 21.1. The summed E-state index contributed by atoms with van der Waals surface area (Å²) < 4.78 is 72.4. The Hall–Kier alpha value is -5.65. The highest BCUT2D eigenvalue weighted by atomic mass is 19.4. The van der Waals surface area contributed by atoms with Gasteiger partial charge in [0.2, 0.25) is 11.8 Å². The Balaban J connectivity index is 0.869. The van der Waals surface area contributed by atoms with Gasteiger partial charge in [-0.05, 0) is 80.5 Å². The van der Waals surface area contributed by atoms with E-state index in [1.165, 1.54) is 16.7 Å². The van der Waals surface area contributed by atoms with Gasteiger partial charge in [0.15, 0.2) is 0 Å². The smallest absolute Gasteiger partial charge is 0.369 e. The fourth-order valence-corrected chi connectivity index (χ4v) is 8.41. The highest BCUT2D eigenvalue weighted by Gasteiger charge is 2.34. The van der Waals surface area contributed by atoms with Gasteiger partial charge in [-0.15, -0.1) is 0 Å². The molecular weight excluding hydrogens is 753 g/mol. The van der Waals surface area contributed by atoms with E-state index in [9.17, 15) is 41.1 Å². The number of imide groups is 1. The van der Waals surface area contributed by atoms with Crippen LogP contribution in [0, 0.1) is 5.92 Å². The number of hydrogen-bond donors (Lipinski definition) is 2. The molecule has 0 spiro atoms. The lowest BCUT2D eigenvalue weighted by atomic mass is 9.85. The van der Waals surface area contributed by atoms with Crippen molar-refractivity contribution in [3.63, 3.8) is 0 Å². The van der Waals surface area contributed by atoms with Gasteiger partial charge in [0.25, 0.3) is 12.3 Å². The van der Waals surface area contributed by atoms with Gasteiger partial charge in [-0.2, -0.15) is 18.3 Å². The molecule has 18 heteroatoms. The number of halogens is 5. The number of alkyl halides is 5. The van der Waals surface area contributed by atoms with E-state index in [1.807, 2.05) is 18.2 Å². The van der Waals surface area contributed by atoms with Crippen LogP contribution < -0.4 is 21.2 Å². The quantitative estimate of drug-likeness (QED) is 0.148. The van der Waals surface area contributed by atoms with Crippen LogP contribution in [0.2, 0.25) is 0 Å². The number of anilines is 2. The van der Waals surface area contributed by atoms with Crippen LogP contribution in [0.4, 0.5) is 33.3 Å². The van der Waals surface area contributed by atoms with Crippen molar-refractivity contribution >= 4 is 51.0 Å². The maximum absolute atomic E-state index is 14.1. The third kappa shape index (κ3) is 7.61. The van der Waals surface area contributed by atoms with Crippen LogP contribution in [-0.4, -0.2) is 79.2 Å². The molecule has 2 aliphatic heterocycles. The van der Waals surface area contributed by atoms with Crippen LogP contribution >= 0.6 is 0 Å². The van der Waals surface area contributed by atoms with Crippen molar-refractivity contribution in [3.05, 3.63) is 82.2 Å². The molecule has 0 bridgehead atoms. The zero-order valence-electron chi connectivity index (χ0n) is 30.9. The highest BCUT2D eigenvalue weighted by molar-refractivity contribution is 6.04. The van der Waals surface area contributed by atoms with Gasteiger partial charge in [0, 0.05) is 69.0 Å². The van der Waals surface area contributed by atoms with E-state index in [-0.39, 0.29) is 36.2 Å². The molecule has 1 saturated carbocycles. The number of pyridine rings is 1. The molecule has 5 heterocycles. The van der Waals surface area contributed by atoms with E-state index in [2.05, 4.69) is 30.5 Å². The Morgan fingerprint density at radius 1 is 0.947 bits per heavy atom. The van der Waals surface area contributed by atoms with Gasteiger partial charge < -0.3 is 10.2 Å². The molecule has 1 aliphatic carbocycles. The van der Waals surface area contributed by atoms with E-state index in [4.69, 9.17) is 0 Å². The number of hydrogen-bond acceptors (Lipinski definition) is 8. The fraction of sp³-hybridized carbons (Fsp3) is 0.436. The molecule has 13 nitrogen and oxygen atoms in total. The topological polar surface area (TPSA) is 139 Å². The minimum Gasteiger partial charge on any atom is -0.369 e. The standard InChI is InChI=1S/C39H40F5N9O4/c1-49-32-18-25(9-10-30(32)53(38(49)57)31-11-12-34(54)47-37(31)56)51-15-13-50(14-16-51)20-22-5-7-24(8-6-22)52-21-23-17-29(26(35(40)41)19-28(23)48-52)46-36(55)27-3-2-4-33(45-27)39(42,43)44/h2-4,9-10,17-19,21-22,24,31,35H,5-8,11-16,20H2,1H3,(H,46,55)(H,47,54,56)/t22-,24-,31?. The number of imidazole rings is 1. The number of amides is 3. The monoisotopic (exact) mass is 793 g/mol. The number of rotatable bonds is 8. The van der Waals surface area contributed by atoms with Gasteiger partial charge >= 0.3 is 11.9 Å². The largest absolute Gasteiger partial charge is 0.433 e. The summed E-state index contributed by atoms with van der Waals surface area (Å²) in [6.45, 7) is 4.30. The van der Waals surface area contributed by atoms with Gasteiger partial charge in [0.05, 0.1) is 28.3 Å². The van der Waals surface area contributed by atoms with Crippen molar-refractivity contribution in [1.29, 1.82) is 0 Å². The summed E-state index contributed by atoms with van der Waals surface area (Å²) in [6, 6.07) is 10.6. The van der Waals surface area contributed by atoms with Crippen molar-refractivity contribution in [1.82, 2.24) is 34.1 Å². The summed E-state index contributed by atoms with van der Waals surface area (Å²) in [4.78, 5) is 58.4. The average Bonchev–Trinajstić information content (AvgIpc) is 3.71. The molecule has 3 aliphatic rings. The lowest BCUT2D eigenvalue weighted by Crippen LogP contribution is -2.48. The molecule has 2 aromatic carbocycles. The average molecular weight is 794 g/mol. The molecule has 3 fully saturated rings. The fourth-order valence-electron chi connectivity index (χ4n) is 8.41. The molecule has 2 N–H and O–H groups in total. The maximum Gasteiger partial charge on any atom is 0.433 e. The summed E-state index contributed by atoms with van der Waals surface area (Å²) in [5.41, 5.74) is -0.132. The molecule has 3 aromatic heterocycles. The third-order valence-corrected chi connectivity index (χ3v) is 11.5. The molecule has 2 saturated heterocycles. The Morgan fingerprint density at radius 3 is 2.40 bits per heavy atom. The molecule has 5 aromatic rings. The number of nitrogens with one attached hydrogen (secondary N) is 2. The Bertz CT molecular complexity index is 2420. The van der Waals surface area contributed by atoms with Gasteiger partial charge in [-0.3, -0.25) is 38.4 Å². The lowest BCUT2D eigenvalue weighted by molar-refractivity contribution is -0.141. The summed E-state index contributed by atoms with van der Waals surface area (Å²) in [5, 5.41) is 9.78. The van der Waals surface area contributed by atoms with Crippen molar-refractivity contribution in [2.24, 2.45) is 13.0 Å². The minimum absolute atomic E-state index is 0.0589. The van der Waals surface area contributed by atoms with Crippen molar-refractivity contribution < 1.29 is 36.3 Å². The van der Waals surface area contributed by atoms with Gasteiger partial charge in [-0.1, -0.05) is 6.07 Å². The van der Waals surface area contributed by atoms with Crippen molar-refractivity contribution in [2.45, 2.75) is 63.2 Å². The number of aryl methyl sites for hydroxylation is 1. The SMILES string of the molecule is Cn1c(=O)n(C2CCC(=O)NC2=O)c2ccc(N3CCN(C[C@H]4CC[C@H](n5cc6cc(NC(=O)c7cccc(C(F)(F)F)n7)c(C(F)F)cc6n5)CC4)CC3)cc21. The number of aromatic nitrogens is 5. The second kappa shape index (κ2) is 15.0. The number of carbonyl (C=O) groups is 3. The zero-order valence-corrected chi connectivity index (χ0v) is 30.9. The molecule has 1 unspecified atom stereocenters. The number of carbonyl (C=O) groups excluding carboxylic acids is 3. The summed E-state index contributed by atoms with van der Waals surface area (Å²) in [6.07, 6.45) is -1.90. The number of fused-ring (bicyclic) bond motifs is 2. The minimum atomic E-state index is -4.77. The van der Waals surface area contributed by atoms with Gasteiger partial charge in [-0.25, -0.2) is 18.6 Å². The molecule has 0 radical (unpaired) electrons. The molecule has 57 heavy (non-hydrogen) atoms. The Kier molecular flexibility index (Phi) is 10.1. The maximum atomic E-state index is 14.1. The number of piperazine rings is 1. The first-order chi connectivity index (χ1) is 27.2. The number of piperidine rings is 1. The second-order valence-corrected chi connectivity index (χ2v) is 15.1. The van der Waals surface area contributed by atoms with E-state index in [0.29, 0.717) is 22.3 Å². The number of benzene rings is 2. The van der Waals surface area contributed by atoms with E-state index >= 15 is 0 Å². The van der Waals surface area contributed by atoms with Gasteiger partial charge in [0.1, 0.15) is 17.4 Å². The summed E-state index contributed by atoms with van der Waals surface area (Å²) >= 11 is 0. The van der Waals surface area contributed by atoms with Crippen LogP contribution in [0.3, 0.4) is 0 Å². The third-order valence-electron chi connectivity index (χ3n) is 11.5. The van der Waals surface area contributed by atoms with Crippen LogP contribution in [0.5, 0.6) is 0 Å². The van der Waals surface area contributed by atoms with Crippen molar-refractivity contribution in [3.8, 4) is 0 Å². The first kappa shape index (κ1) is 38.2. The van der Waals surface area contributed by atoms with E-state index in [1.54, 1.807) is 22.5 Å². The van der Waals surface area contributed by atoms with Crippen molar-refractivity contribution in [2.75, 3.05) is 42.9 Å². The molecule has 1 atom stereocenters. The number of nitrogens with zero attached hydrogens (tertiary/aromatic N) is 7. The lowest BCUT2D eigenvalue weighted by Gasteiger charge is -2.39. The molecule has 8 rings (SSSR count). The van der Waals surface area contributed by atoms with E-state index in [0.717, 1.165) is 87.8 Å². The summed E-state index contributed by atoms with van der Waals surface area (Å²) in [7, 11) is 1.69. The molecule has 300 valence electrons. The first-order valence-corrected chi connectivity index (χ1v) is 18.9. The zero-order chi connectivity index (χ0) is 40.2. The Labute approximate surface area is 322 Å². The van der Waals surface area contributed by atoms with Crippen LogP contribution in [0.25, 0.3) is 21.9 Å². The first-order valence-electron chi connectivity index (χ1n) is 18.9. The Morgan fingerprint density at radius 2 is 1.70 bits per heavy atom. The van der Waals surface area contributed by atoms with Crippen LogP contribution in [0.15, 0.2) is 59.5 Å². The van der Waals surface area contributed by atoms with Crippen LogP contribution in [0.1, 0.15) is 78.8 Å². The van der Waals surface area contributed by atoms with Crippen LogP contribution in [-0.2, 0) is 22.8 Å². The predicted octanol–water partition coefficient (Wildman–Crippen LogP) is 5.82. The summed E-state index contributed by atoms with van der Waals surface area (Å²) in [5.74, 6) is -1.36. The van der Waals surface area contributed by atoms with E-state index < -0.39 is 47.4 Å². The highest BCUT2D eigenvalue weighted by Crippen LogP contribution is 2.36. The predicted molar refractivity (Wildman–Crippen MR) is 200 cm³/mol.